The smallest absolute Gasteiger partial charge is 0.268 e. The molecule has 1 amide bonds. The third-order valence-corrected chi connectivity index (χ3v) is 6.44. The van der Waals surface area contributed by atoms with Gasteiger partial charge in [0.15, 0.2) is 0 Å². The van der Waals surface area contributed by atoms with Gasteiger partial charge in [-0.05, 0) is 67.3 Å². The first-order chi connectivity index (χ1) is 17.3. The van der Waals surface area contributed by atoms with Gasteiger partial charge in [-0.15, -0.1) is 0 Å². The summed E-state index contributed by atoms with van der Waals surface area (Å²) in [5.74, 6) is -0.131. The van der Waals surface area contributed by atoms with Crippen molar-refractivity contribution in [3.63, 3.8) is 0 Å². The van der Waals surface area contributed by atoms with E-state index in [-0.39, 0.29) is 30.3 Å². The summed E-state index contributed by atoms with van der Waals surface area (Å²) >= 11 is 0. The quantitative estimate of drug-likeness (QED) is 0.201. The molecule has 36 heavy (non-hydrogen) atoms. The standard InChI is InChI=1S/C29H33N3O4/c1-18(30-16-28(35)22-9-11-27(34)24(14-22)17-33)12-20-8-10-25-23(13-20)15-26(32-25)29(36)31-19(2)21-6-4-3-5-7-21/h3-11,13-15,18-19,28,30,32-35H,12,16-17H2,1-2H3,(H,31,36)/t18-,19-,28+/m1/s1. The average Bonchev–Trinajstić information content (AvgIpc) is 3.32. The van der Waals surface area contributed by atoms with Gasteiger partial charge in [0.25, 0.3) is 5.91 Å². The maximum absolute atomic E-state index is 12.8. The first-order valence-corrected chi connectivity index (χ1v) is 12.2. The summed E-state index contributed by atoms with van der Waals surface area (Å²) < 4.78 is 0. The molecule has 1 aromatic heterocycles. The number of aromatic nitrogens is 1. The lowest BCUT2D eigenvalue weighted by atomic mass is 10.0. The molecular weight excluding hydrogens is 454 g/mol. The van der Waals surface area contributed by atoms with Crippen LogP contribution in [0.25, 0.3) is 10.9 Å². The molecule has 4 aromatic rings. The molecule has 3 atom stereocenters. The number of hydrogen-bond acceptors (Lipinski definition) is 5. The number of fused-ring (bicyclic) bond motifs is 1. The summed E-state index contributed by atoms with van der Waals surface area (Å²) in [6.07, 6.45) is -0.0115. The van der Waals surface area contributed by atoms with E-state index in [0.29, 0.717) is 23.4 Å². The minimum Gasteiger partial charge on any atom is -0.508 e. The van der Waals surface area contributed by atoms with Crippen molar-refractivity contribution in [3.8, 4) is 5.75 Å². The maximum atomic E-state index is 12.8. The van der Waals surface area contributed by atoms with Gasteiger partial charge in [0, 0.05) is 29.1 Å². The van der Waals surface area contributed by atoms with Crippen LogP contribution in [0.1, 0.15) is 58.7 Å². The van der Waals surface area contributed by atoms with Crippen molar-refractivity contribution in [2.24, 2.45) is 0 Å². The van der Waals surface area contributed by atoms with E-state index in [2.05, 4.69) is 21.7 Å². The Bertz CT molecular complexity index is 1320. The van der Waals surface area contributed by atoms with Crippen molar-refractivity contribution in [3.05, 3.63) is 101 Å². The molecule has 0 aliphatic heterocycles. The summed E-state index contributed by atoms with van der Waals surface area (Å²) in [6.45, 7) is 4.07. The van der Waals surface area contributed by atoms with Gasteiger partial charge in [-0.1, -0.05) is 42.5 Å². The molecule has 0 radical (unpaired) electrons. The zero-order valence-corrected chi connectivity index (χ0v) is 20.5. The number of aromatic hydroxyl groups is 1. The summed E-state index contributed by atoms with van der Waals surface area (Å²) in [4.78, 5) is 16.0. The molecular formula is C29H33N3O4. The number of nitrogens with one attached hydrogen (secondary N) is 3. The fraction of sp³-hybridized carbons (Fsp3) is 0.276. The van der Waals surface area contributed by atoms with Crippen molar-refractivity contribution >= 4 is 16.8 Å². The molecule has 0 fully saturated rings. The van der Waals surface area contributed by atoms with E-state index >= 15 is 0 Å². The molecule has 0 spiro atoms. The van der Waals surface area contributed by atoms with Gasteiger partial charge in [0.1, 0.15) is 11.4 Å². The Morgan fingerprint density at radius 1 is 0.972 bits per heavy atom. The lowest BCUT2D eigenvalue weighted by Gasteiger charge is -2.18. The third kappa shape index (κ3) is 6.12. The number of aliphatic hydroxyl groups is 2. The van der Waals surface area contributed by atoms with E-state index in [4.69, 9.17) is 0 Å². The summed E-state index contributed by atoms with van der Waals surface area (Å²) in [6, 6.07) is 22.6. The van der Waals surface area contributed by atoms with Crippen LogP contribution in [0.15, 0.2) is 72.8 Å². The highest BCUT2D eigenvalue weighted by molar-refractivity contribution is 5.98. The number of aromatic amines is 1. The van der Waals surface area contributed by atoms with E-state index in [1.807, 2.05) is 62.4 Å². The van der Waals surface area contributed by atoms with Crippen molar-refractivity contribution in [1.29, 1.82) is 0 Å². The molecule has 0 aliphatic rings. The topological polar surface area (TPSA) is 118 Å². The van der Waals surface area contributed by atoms with Crippen LogP contribution in [0.4, 0.5) is 0 Å². The highest BCUT2D eigenvalue weighted by atomic mass is 16.3. The number of hydrogen-bond donors (Lipinski definition) is 6. The van der Waals surface area contributed by atoms with E-state index in [1.54, 1.807) is 12.1 Å². The Morgan fingerprint density at radius 3 is 2.50 bits per heavy atom. The highest BCUT2D eigenvalue weighted by Crippen LogP contribution is 2.23. The Balaban J connectivity index is 1.35. The molecule has 1 heterocycles. The molecule has 0 unspecified atom stereocenters. The second kappa shape index (κ2) is 11.4. The van der Waals surface area contributed by atoms with Crippen LogP contribution >= 0.6 is 0 Å². The minimum atomic E-state index is -0.759. The molecule has 188 valence electrons. The van der Waals surface area contributed by atoms with Crippen LogP contribution < -0.4 is 10.6 Å². The molecule has 0 saturated heterocycles. The van der Waals surface area contributed by atoms with Gasteiger partial charge in [-0.3, -0.25) is 4.79 Å². The normalized spacial score (nSPS) is 13.9. The second-order valence-corrected chi connectivity index (χ2v) is 9.29. The zero-order valence-electron chi connectivity index (χ0n) is 20.5. The van der Waals surface area contributed by atoms with Crippen LogP contribution in [0, 0.1) is 0 Å². The average molecular weight is 488 g/mol. The summed E-state index contributed by atoms with van der Waals surface area (Å²) in [7, 11) is 0. The van der Waals surface area contributed by atoms with Gasteiger partial charge in [0.05, 0.1) is 18.8 Å². The van der Waals surface area contributed by atoms with Crippen LogP contribution in [-0.2, 0) is 13.0 Å². The van der Waals surface area contributed by atoms with E-state index in [0.717, 1.165) is 28.5 Å². The monoisotopic (exact) mass is 487 g/mol. The maximum Gasteiger partial charge on any atom is 0.268 e. The van der Waals surface area contributed by atoms with Crippen LogP contribution in [0.3, 0.4) is 0 Å². The lowest BCUT2D eigenvalue weighted by molar-refractivity contribution is 0.0935. The molecule has 7 heteroatoms. The Kier molecular flexibility index (Phi) is 8.05. The first kappa shape index (κ1) is 25.4. The van der Waals surface area contributed by atoms with Crippen LogP contribution in [0.5, 0.6) is 5.75 Å². The number of aliphatic hydroxyl groups excluding tert-OH is 2. The van der Waals surface area contributed by atoms with E-state index < -0.39 is 6.10 Å². The number of amides is 1. The minimum absolute atomic E-state index is 0.0151. The van der Waals surface area contributed by atoms with Crippen molar-refractivity contribution in [2.45, 2.75) is 45.1 Å². The van der Waals surface area contributed by atoms with Crippen LogP contribution in [0.2, 0.25) is 0 Å². The van der Waals surface area contributed by atoms with Crippen molar-refractivity contribution in [2.75, 3.05) is 6.54 Å². The van der Waals surface area contributed by atoms with Crippen molar-refractivity contribution in [1.82, 2.24) is 15.6 Å². The number of benzene rings is 3. The predicted molar refractivity (Wildman–Crippen MR) is 141 cm³/mol. The fourth-order valence-corrected chi connectivity index (χ4v) is 4.33. The Labute approximate surface area is 210 Å². The largest absolute Gasteiger partial charge is 0.508 e. The first-order valence-electron chi connectivity index (χ1n) is 12.2. The molecule has 0 bridgehead atoms. The molecule has 3 aromatic carbocycles. The third-order valence-electron chi connectivity index (χ3n) is 6.44. The lowest BCUT2D eigenvalue weighted by Crippen LogP contribution is -2.32. The van der Waals surface area contributed by atoms with Crippen molar-refractivity contribution < 1.29 is 20.1 Å². The molecule has 6 N–H and O–H groups in total. The summed E-state index contributed by atoms with van der Waals surface area (Å²) in [5.41, 5.74) is 4.62. The van der Waals surface area contributed by atoms with Gasteiger partial charge < -0.3 is 30.9 Å². The number of carbonyl (C=O) groups is 1. The molecule has 0 aliphatic carbocycles. The van der Waals surface area contributed by atoms with Gasteiger partial charge in [-0.2, -0.15) is 0 Å². The zero-order chi connectivity index (χ0) is 25.7. The Morgan fingerprint density at radius 2 is 1.75 bits per heavy atom. The summed E-state index contributed by atoms with van der Waals surface area (Å²) in [5, 5.41) is 36.9. The van der Waals surface area contributed by atoms with Gasteiger partial charge >= 0.3 is 0 Å². The van der Waals surface area contributed by atoms with Gasteiger partial charge in [0.2, 0.25) is 0 Å². The predicted octanol–water partition coefficient (Wildman–Crippen LogP) is 4.11. The number of H-pyrrole nitrogens is 1. The SMILES string of the molecule is C[C@H](Cc1ccc2[nH]c(C(=O)N[C@H](C)c3ccccc3)cc2c1)NC[C@H](O)c1ccc(O)c(CO)c1. The molecule has 4 rings (SSSR count). The highest BCUT2D eigenvalue weighted by Gasteiger charge is 2.15. The van der Waals surface area contributed by atoms with Crippen LogP contribution in [-0.4, -0.2) is 38.8 Å². The van der Waals surface area contributed by atoms with E-state index in [1.165, 1.54) is 6.07 Å². The number of rotatable bonds is 10. The molecule has 0 saturated carbocycles. The molecule has 7 nitrogen and oxygen atoms in total. The fourth-order valence-electron chi connectivity index (χ4n) is 4.33. The van der Waals surface area contributed by atoms with E-state index in [9.17, 15) is 20.1 Å². The van der Waals surface area contributed by atoms with Gasteiger partial charge in [-0.25, -0.2) is 0 Å². The number of carbonyl (C=O) groups excluding carboxylic acids is 1. The second-order valence-electron chi connectivity index (χ2n) is 9.29. The Hall–Kier alpha value is -3.65. The number of phenols is 1.